The van der Waals surface area contributed by atoms with Crippen LogP contribution in [0.4, 0.5) is 5.69 Å². The summed E-state index contributed by atoms with van der Waals surface area (Å²) >= 11 is 0. The molecule has 1 aliphatic carbocycles. The molecule has 0 unspecified atom stereocenters. The summed E-state index contributed by atoms with van der Waals surface area (Å²) in [6.45, 7) is 0.324. The molecule has 1 aromatic carbocycles. The molecule has 5 nitrogen and oxygen atoms in total. The summed E-state index contributed by atoms with van der Waals surface area (Å²) in [6.07, 6.45) is 4.83. The van der Waals surface area contributed by atoms with Crippen molar-refractivity contribution in [2.24, 2.45) is 0 Å². The number of hydrogen-bond donors (Lipinski definition) is 2. The number of benzene rings is 1. The molecule has 1 aromatic rings. The van der Waals surface area contributed by atoms with Gasteiger partial charge >= 0.3 is 0 Å². The monoisotopic (exact) mass is 278 g/mol. The zero-order valence-corrected chi connectivity index (χ0v) is 12.1. The van der Waals surface area contributed by atoms with Gasteiger partial charge in [0.05, 0.1) is 26.5 Å². The Morgan fingerprint density at radius 2 is 2.00 bits per heavy atom. The van der Waals surface area contributed by atoms with Gasteiger partial charge in [0.15, 0.2) is 0 Å². The summed E-state index contributed by atoms with van der Waals surface area (Å²) in [5.41, 5.74) is 0.630. The number of carbonyl (C=O) groups excluding carboxylic acids is 1. The maximum absolute atomic E-state index is 12.0. The van der Waals surface area contributed by atoms with E-state index in [0.717, 1.165) is 12.8 Å². The molecule has 0 atom stereocenters. The standard InChI is InChI=1S/C15H22N2O3/c1-19-12-7-8-14(20-2)13(9-12)17-15(18)10-16-11-5-3-4-6-11/h7-9,11,16H,3-6,10H2,1-2H3,(H,17,18). The normalized spacial score (nSPS) is 15.1. The predicted molar refractivity (Wildman–Crippen MR) is 78.4 cm³/mol. The smallest absolute Gasteiger partial charge is 0.238 e. The van der Waals surface area contributed by atoms with E-state index in [1.165, 1.54) is 12.8 Å². The van der Waals surface area contributed by atoms with Gasteiger partial charge in [0.2, 0.25) is 5.91 Å². The average Bonchev–Trinajstić information content (AvgIpc) is 2.98. The van der Waals surface area contributed by atoms with E-state index >= 15 is 0 Å². The summed E-state index contributed by atoms with van der Waals surface area (Å²) in [4.78, 5) is 12.0. The molecule has 110 valence electrons. The van der Waals surface area contributed by atoms with Gasteiger partial charge in [-0.2, -0.15) is 0 Å². The lowest BCUT2D eigenvalue weighted by atomic mass is 10.2. The van der Waals surface area contributed by atoms with Crippen LogP contribution in [0.5, 0.6) is 11.5 Å². The lowest BCUT2D eigenvalue weighted by molar-refractivity contribution is -0.115. The van der Waals surface area contributed by atoms with Crippen molar-refractivity contribution >= 4 is 11.6 Å². The molecule has 0 radical (unpaired) electrons. The number of nitrogens with one attached hydrogen (secondary N) is 2. The van der Waals surface area contributed by atoms with Crippen LogP contribution in [0, 0.1) is 0 Å². The molecule has 0 aromatic heterocycles. The molecular formula is C15H22N2O3. The minimum absolute atomic E-state index is 0.0662. The molecule has 0 saturated heterocycles. The molecule has 0 heterocycles. The first kappa shape index (κ1) is 14.7. The van der Waals surface area contributed by atoms with Gasteiger partial charge in [0.1, 0.15) is 11.5 Å². The zero-order valence-electron chi connectivity index (χ0n) is 12.1. The van der Waals surface area contributed by atoms with Gasteiger partial charge in [-0.15, -0.1) is 0 Å². The van der Waals surface area contributed by atoms with Crippen LogP contribution in [0.2, 0.25) is 0 Å². The maximum Gasteiger partial charge on any atom is 0.238 e. The van der Waals surface area contributed by atoms with E-state index in [4.69, 9.17) is 9.47 Å². The van der Waals surface area contributed by atoms with E-state index in [2.05, 4.69) is 10.6 Å². The van der Waals surface area contributed by atoms with Crippen LogP contribution in [-0.2, 0) is 4.79 Å². The Kier molecular flexibility index (Phi) is 5.24. The number of amides is 1. The van der Waals surface area contributed by atoms with Crippen molar-refractivity contribution < 1.29 is 14.3 Å². The van der Waals surface area contributed by atoms with E-state index in [1.807, 2.05) is 0 Å². The van der Waals surface area contributed by atoms with E-state index in [9.17, 15) is 4.79 Å². The lowest BCUT2D eigenvalue weighted by Gasteiger charge is -2.14. The van der Waals surface area contributed by atoms with Gasteiger partial charge in [-0.3, -0.25) is 4.79 Å². The highest BCUT2D eigenvalue weighted by atomic mass is 16.5. The highest BCUT2D eigenvalue weighted by Crippen LogP contribution is 2.28. The number of anilines is 1. The quantitative estimate of drug-likeness (QED) is 0.837. The van der Waals surface area contributed by atoms with E-state index < -0.39 is 0 Å². The van der Waals surface area contributed by atoms with E-state index in [1.54, 1.807) is 32.4 Å². The Balaban J connectivity index is 1.91. The first-order chi connectivity index (χ1) is 9.72. The molecule has 1 aliphatic rings. The summed E-state index contributed by atoms with van der Waals surface area (Å²) in [6, 6.07) is 5.81. The Bertz CT molecular complexity index is 456. The van der Waals surface area contributed by atoms with Crippen molar-refractivity contribution in [3.05, 3.63) is 18.2 Å². The summed E-state index contributed by atoms with van der Waals surface area (Å²) < 4.78 is 10.4. The minimum atomic E-state index is -0.0662. The zero-order chi connectivity index (χ0) is 14.4. The van der Waals surface area contributed by atoms with Gasteiger partial charge in [-0.1, -0.05) is 12.8 Å². The van der Waals surface area contributed by atoms with Crippen molar-refractivity contribution in [2.75, 3.05) is 26.1 Å². The number of carbonyl (C=O) groups is 1. The van der Waals surface area contributed by atoms with Crippen molar-refractivity contribution in [3.63, 3.8) is 0 Å². The van der Waals surface area contributed by atoms with Crippen molar-refractivity contribution in [3.8, 4) is 11.5 Å². The molecular weight excluding hydrogens is 256 g/mol. The fourth-order valence-corrected chi connectivity index (χ4v) is 2.47. The fourth-order valence-electron chi connectivity index (χ4n) is 2.47. The maximum atomic E-state index is 12.0. The van der Waals surface area contributed by atoms with Gasteiger partial charge < -0.3 is 20.1 Å². The molecule has 0 spiro atoms. The third kappa shape index (κ3) is 3.87. The second-order valence-electron chi connectivity index (χ2n) is 4.98. The Morgan fingerprint density at radius 1 is 1.25 bits per heavy atom. The van der Waals surface area contributed by atoms with Crippen LogP contribution >= 0.6 is 0 Å². The van der Waals surface area contributed by atoms with Gasteiger partial charge in [0, 0.05) is 12.1 Å². The molecule has 2 N–H and O–H groups in total. The van der Waals surface area contributed by atoms with E-state index in [0.29, 0.717) is 29.8 Å². The van der Waals surface area contributed by atoms with Gasteiger partial charge in [0.25, 0.3) is 0 Å². The highest BCUT2D eigenvalue weighted by molar-refractivity contribution is 5.94. The Morgan fingerprint density at radius 3 is 2.65 bits per heavy atom. The van der Waals surface area contributed by atoms with E-state index in [-0.39, 0.29) is 5.91 Å². The Hall–Kier alpha value is -1.75. The van der Waals surface area contributed by atoms with Crippen LogP contribution in [0.15, 0.2) is 18.2 Å². The number of hydrogen-bond acceptors (Lipinski definition) is 4. The molecule has 20 heavy (non-hydrogen) atoms. The molecule has 5 heteroatoms. The second-order valence-corrected chi connectivity index (χ2v) is 4.98. The number of ether oxygens (including phenoxy) is 2. The van der Waals surface area contributed by atoms with Gasteiger partial charge in [-0.05, 0) is 25.0 Å². The molecule has 0 aliphatic heterocycles. The van der Waals surface area contributed by atoms with Crippen molar-refractivity contribution in [2.45, 2.75) is 31.7 Å². The first-order valence-corrected chi connectivity index (χ1v) is 6.98. The minimum Gasteiger partial charge on any atom is -0.497 e. The largest absolute Gasteiger partial charge is 0.497 e. The molecule has 1 fully saturated rings. The lowest BCUT2D eigenvalue weighted by Crippen LogP contribution is -2.34. The number of rotatable bonds is 6. The highest BCUT2D eigenvalue weighted by Gasteiger charge is 2.16. The molecule has 0 bridgehead atoms. The van der Waals surface area contributed by atoms with Crippen LogP contribution in [0.25, 0.3) is 0 Å². The predicted octanol–water partition coefficient (Wildman–Crippen LogP) is 2.17. The van der Waals surface area contributed by atoms with Gasteiger partial charge in [-0.25, -0.2) is 0 Å². The van der Waals surface area contributed by atoms with Crippen LogP contribution < -0.4 is 20.1 Å². The van der Waals surface area contributed by atoms with Crippen molar-refractivity contribution in [1.29, 1.82) is 0 Å². The molecule has 1 saturated carbocycles. The molecule has 1 amide bonds. The van der Waals surface area contributed by atoms with Crippen LogP contribution in [0.3, 0.4) is 0 Å². The molecule has 2 rings (SSSR count). The van der Waals surface area contributed by atoms with Crippen LogP contribution in [0.1, 0.15) is 25.7 Å². The van der Waals surface area contributed by atoms with Crippen molar-refractivity contribution in [1.82, 2.24) is 5.32 Å². The topological polar surface area (TPSA) is 59.6 Å². The first-order valence-electron chi connectivity index (χ1n) is 6.98. The Labute approximate surface area is 119 Å². The summed E-state index contributed by atoms with van der Waals surface area (Å²) in [7, 11) is 3.17. The second kappa shape index (κ2) is 7.14. The third-order valence-corrected chi connectivity index (χ3v) is 3.59. The third-order valence-electron chi connectivity index (χ3n) is 3.59. The SMILES string of the molecule is COc1ccc(OC)c(NC(=O)CNC2CCCC2)c1. The van der Waals surface area contributed by atoms with Crippen LogP contribution in [-0.4, -0.2) is 32.7 Å². The average molecular weight is 278 g/mol. The summed E-state index contributed by atoms with van der Waals surface area (Å²) in [5.74, 6) is 1.24. The summed E-state index contributed by atoms with van der Waals surface area (Å²) in [5, 5.41) is 6.14. The fraction of sp³-hybridized carbons (Fsp3) is 0.533. The number of methoxy groups -OCH3 is 2.